The minimum Gasteiger partial charge on any atom is -0.379 e. The Labute approximate surface area is 180 Å². The number of rotatable bonds is 5. The summed E-state index contributed by atoms with van der Waals surface area (Å²) >= 11 is 1.08. The van der Waals surface area contributed by atoms with Crippen molar-refractivity contribution in [1.29, 1.82) is 0 Å². The first-order chi connectivity index (χ1) is 14.3. The van der Waals surface area contributed by atoms with Crippen LogP contribution in [0.15, 0.2) is 58.3 Å². The van der Waals surface area contributed by atoms with Crippen molar-refractivity contribution in [3.8, 4) is 0 Å². The second-order valence-corrected chi connectivity index (χ2v) is 9.68. The number of carbonyl (C=O) groups is 2. The molecular weight excluding hydrogens is 426 g/mol. The Morgan fingerprint density at radius 1 is 1.03 bits per heavy atom. The van der Waals surface area contributed by atoms with Crippen LogP contribution in [-0.2, 0) is 14.8 Å². The lowest BCUT2D eigenvalue weighted by atomic mass is 10.2. The summed E-state index contributed by atoms with van der Waals surface area (Å²) in [5.74, 6) is -0.521. The Morgan fingerprint density at radius 2 is 1.67 bits per heavy atom. The van der Waals surface area contributed by atoms with Crippen molar-refractivity contribution >= 4 is 38.6 Å². The fourth-order valence-corrected chi connectivity index (χ4v) is 5.06. The van der Waals surface area contributed by atoms with Crippen LogP contribution < -0.4 is 5.32 Å². The number of nitrogens with one attached hydrogen (secondary N) is 1. The van der Waals surface area contributed by atoms with Gasteiger partial charge in [-0.2, -0.15) is 4.31 Å². The Morgan fingerprint density at radius 3 is 2.30 bits per heavy atom. The molecule has 1 aliphatic heterocycles. The molecule has 10 heteroatoms. The molecular formula is C20H23N3O5S2. The summed E-state index contributed by atoms with van der Waals surface area (Å²) in [6.07, 6.45) is 0. The average molecular weight is 450 g/mol. The van der Waals surface area contributed by atoms with E-state index in [0.717, 1.165) is 16.7 Å². The van der Waals surface area contributed by atoms with Gasteiger partial charge < -0.3 is 15.0 Å². The van der Waals surface area contributed by atoms with Crippen molar-refractivity contribution < 1.29 is 22.7 Å². The molecule has 0 bridgehead atoms. The van der Waals surface area contributed by atoms with Gasteiger partial charge in [0.15, 0.2) is 0 Å². The molecule has 1 N–H and O–H groups in total. The molecule has 2 amide bonds. The molecule has 1 fully saturated rings. The third-order valence-corrected chi connectivity index (χ3v) is 7.41. The quantitative estimate of drug-likeness (QED) is 0.705. The Bertz CT molecular complexity index is 1020. The zero-order valence-corrected chi connectivity index (χ0v) is 18.3. The van der Waals surface area contributed by atoms with E-state index >= 15 is 0 Å². The predicted molar refractivity (Wildman–Crippen MR) is 115 cm³/mol. The number of sulfonamides is 1. The standard InChI is InChI=1S/C20H23N3O5S2/c1-22(2)20(25)29-16-9-7-15(8-10-16)21-19(24)17-5-3-4-6-18(17)30(26,27)23-11-13-28-14-12-23/h3-10H,11-14H2,1-2H3,(H,21,24). The molecule has 0 radical (unpaired) electrons. The summed E-state index contributed by atoms with van der Waals surface area (Å²) in [5, 5.41) is 2.62. The molecule has 160 valence electrons. The lowest BCUT2D eigenvalue weighted by Gasteiger charge is -2.26. The van der Waals surface area contributed by atoms with Crippen LogP contribution >= 0.6 is 11.8 Å². The number of carbonyl (C=O) groups excluding carboxylic acids is 2. The van der Waals surface area contributed by atoms with E-state index in [1.165, 1.54) is 21.3 Å². The maximum atomic E-state index is 13.0. The van der Waals surface area contributed by atoms with E-state index in [0.29, 0.717) is 18.9 Å². The van der Waals surface area contributed by atoms with Crippen molar-refractivity contribution in [3.05, 3.63) is 54.1 Å². The topological polar surface area (TPSA) is 96.0 Å². The van der Waals surface area contributed by atoms with Gasteiger partial charge in [0.05, 0.1) is 23.7 Å². The van der Waals surface area contributed by atoms with Crippen LogP contribution in [0.1, 0.15) is 10.4 Å². The van der Waals surface area contributed by atoms with Crippen molar-refractivity contribution in [1.82, 2.24) is 9.21 Å². The van der Waals surface area contributed by atoms with E-state index in [9.17, 15) is 18.0 Å². The number of ether oxygens (including phenoxy) is 1. The fraction of sp³-hybridized carbons (Fsp3) is 0.300. The third-order valence-electron chi connectivity index (χ3n) is 4.40. The van der Waals surface area contributed by atoms with Crippen LogP contribution in [0.5, 0.6) is 0 Å². The monoisotopic (exact) mass is 449 g/mol. The highest BCUT2D eigenvalue weighted by atomic mass is 32.2. The SMILES string of the molecule is CN(C)C(=O)Sc1ccc(NC(=O)c2ccccc2S(=O)(=O)N2CCOCC2)cc1. The first-order valence-corrected chi connectivity index (χ1v) is 11.5. The van der Waals surface area contributed by atoms with Crippen molar-refractivity contribution in [2.24, 2.45) is 0 Å². The molecule has 0 aliphatic carbocycles. The van der Waals surface area contributed by atoms with Gasteiger partial charge in [-0.25, -0.2) is 8.42 Å². The van der Waals surface area contributed by atoms with Crippen molar-refractivity contribution in [2.45, 2.75) is 9.79 Å². The van der Waals surface area contributed by atoms with E-state index in [2.05, 4.69) is 5.32 Å². The zero-order valence-electron chi connectivity index (χ0n) is 16.7. The second kappa shape index (κ2) is 9.61. The fourth-order valence-electron chi connectivity index (χ4n) is 2.80. The normalized spacial score (nSPS) is 14.9. The molecule has 1 saturated heterocycles. The van der Waals surface area contributed by atoms with Gasteiger partial charge in [-0.3, -0.25) is 9.59 Å². The van der Waals surface area contributed by atoms with Crippen LogP contribution in [0.3, 0.4) is 0 Å². The van der Waals surface area contributed by atoms with Gasteiger partial charge in [0.1, 0.15) is 0 Å². The van der Waals surface area contributed by atoms with Crippen molar-refractivity contribution in [3.63, 3.8) is 0 Å². The second-order valence-electron chi connectivity index (χ2n) is 6.75. The van der Waals surface area contributed by atoms with Crippen LogP contribution in [0.25, 0.3) is 0 Å². The number of benzene rings is 2. The largest absolute Gasteiger partial charge is 0.379 e. The van der Waals surface area contributed by atoms with Gasteiger partial charge in [0.25, 0.3) is 11.1 Å². The number of amides is 2. The molecule has 0 saturated carbocycles. The van der Waals surface area contributed by atoms with E-state index in [-0.39, 0.29) is 28.8 Å². The Kier molecular flexibility index (Phi) is 7.14. The number of thioether (sulfide) groups is 1. The van der Waals surface area contributed by atoms with Crippen LogP contribution in [-0.4, -0.2) is 69.2 Å². The number of nitrogens with zero attached hydrogens (tertiary/aromatic N) is 2. The number of morpholine rings is 1. The van der Waals surface area contributed by atoms with Gasteiger partial charge in [0.2, 0.25) is 10.0 Å². The number of hydrogen-bond donors (Lipinski definition) is 1. The number of hydrogen-bond acceptors (Lipinski definition) is 6. The first kappa shape index (κ1) is 22.3. The summed E-state index contributed by atoms with van der Waals surface area (Å²) in [6, 6.07) is 12.9. The van der Waals surface area contributed by atoms with Crippen LogP contribution in [0.4, 0.5) is 10.5 Å². The summed E-state index contributed by atoms with van der Waals surface area (Å²) in [4.78, 5) is 26.8. The lowest BCUT2D eigenvalue weighted by molar-refractivity contribution is 0.0730. The van der Waals surface area contributed by atoms with Gasteiger partial charge in [0, 0.05) is 37.8 Å². The lowest BCUT2D eigenvalue weighted by Crippen LogP contribution is -2.41. The van der Waals surface area contributed by atoms with Crippen LogP contribution in [0, 0.1) is 0 Å². The molecule has 1 heterocycles. The molecule has 1 aliphatic rings. The smallest absolute Gasteiger partial charge is 0.285 e. The van der Waals surface area contributed by atoms with E-state index in [1.54, 1.807) is 50.5 Å². The molecule has 2 aromatic rings. The van der Waals surface area contributed by atoms with Gasteiger partial charge in [-0.1, -0.05) is 12.1 Å². The molecule has 3 rings (SSSR count). The first-order valence-electron chi connectivity index (χ1n) is 9.26. The predicted octanol–water partition coefficient (Wildman–Crippen LogP) is 2.73. The van der Waals surface area contributed by atoms with E-state index < -0.39 is 15.9 Å². The average Bonchev–Trinajstić information content (AvgIpc) is 2.75. The Balaban J connectivity index is 1.77. The third kappa shape index (κ3) is 5.20. The zero-order chi connectivity index (χ0) is 21.7. The molecule has 0 unspecified atom stereocenters. The minimum atomic E-state index is -3.81. The molecule has 30 heavy (non-hydrogen) atoms. The summed E-state index contributed by atoms with van der Waals surface area (Å²) in [6.45, 7) is 1.16. The maximum absolute atomic E-state index is 13.0. The van der Waals surface area contributed by atoms with Crippen LogP contribution in [0.2, 0.25) is 0 Å². The van der Waals surface area contributed by atoms with Gasteiger partial charge >= 0.3 is 0 Å². The maximum Gasteiger partial charge on any atom is 0.285 e. The Hall–Kier alpha value is -2.40. The van der Waals surface area contributed by atoms with Gasteiger partial charge in [-0.15, -0.1) is 0 Å². The molecule has 0 aromatic heterocycles. The molecule has 0 atom stereocenters. The highest BCUT2D eigenvalue weighted by molar-refractivity contribution is 8.13. The molecule has 2 aromatic carbocycles. The summed E-state index contributed by atoms with van der Waals surface area (Å²) in [7, 11) is -0.465. The highest BCUT2D eigenvalue weighted by Gasteiger charge is 2.30. The minimum absolute atomic E-state index is 0.0341. The van der Waals surface area contributed by atoms with Crippen molar-refractivity contribution in [2.75, 3.05) is 45.7 Å². The highest BCUT2D eigenvalue weighted by Crippen LogP contribution is 2.25. The van der Waals surface area contributed by atoms with E-state index in [4.69, 9.17) is 4.74 Å². The van der Waals surface area contributed by atoms with Gasteiger partial charge in [-0.05, 0) is 48.2 Å². The molecule has 8 nitrogen and oxygen atoms in total. The summed E-state index contributed by atoms with van der Waals surface area (Å²) in [5.41, 5.74) is 0.574. The summed E-state index contributed by atoms with van der Waals surface area (Å²) < 4.78 is 32.6. The molecule has 0 spiro atoms. The number of anilines is 1. The van der Waals surface area contributed by atoms with E-state index in [1.807, 2.05) is 0 Å².